The smallest absolute Gasteiger partial charge is 0.334 e. The molecule has 0 spiro atoms. The SMILES string of the molecule is FC(F)(F)c1nc2[c]cccc2[nH]1. The number of halogens is 3. The summed E-state index contributed by atoms with van der Waals surface area (Å²) in [4.78, 5) is 5.52. The zero-order valence-electron chi connectivity index (χ0n) is 6.31. The van der Waals surface area contributed by atoms with Crippen LogP contribution in [0.1, 0.15) is 5.82 Å². The van der Waals surface area contributed by atoms with Gasteiger partial charge in [-0.1, -0.05) is 12.1 Å². The molecule has 0 unspecified atom stereocenters. The van der Waals surface area contributed by atoms with E-state index in [1.165, 1.54) is 12.1 Å². The molecule has 0 aliphatic rings. The largest absolute Gasteiger partial charge is 0.449 e. The van der Waals surface area contributed by atoms with Gasteiger partial charge < -0.3 is 4.98 Å². The molecule has 1 aromatic heterocycles. The molecule has 1 N–H and O–H groups in total. The molecular formula is C8H4F3N2. The highest BCUT2D eigenvalue weighted by Crippen LogP contribution is 2.27. The van der Waals surface area contributed by atoms with Crippen LogP contribution in [0, 0.1) is 6.07 Å². The zero-order chi connectivity index (χ0) is 9.47. The topological polar surface area (TPSA) is 28.7 Å². The number of nitrogens with one attached hydrogen (secondary N) is 1. The molecule has 2 aromatic rings. The Morgan fingerprint density at radius 3 is 2.77 bits per heavy atom. The second kappa shape index (κ2) is 2.48. The maximum atomic E-state index is 12.1. The Hall–Kier alpha value is -1.52. The van der Waals surface area contributed by atoms with Crippen LogP contribution in [0.25, 0.3) is 11.0 Å². The molecule has 67 valence electrons. The van der Waals surface area contributed by atoms with E-state index in [1.54, 1.807) is 6.07 Å². The van der Waals surface area contributed by atoms with E-state index < -0.39 is 12.0 Å². The first-order chi connectivity index (χ1) is 6.07. The van der Waals surface area contributed by atoms with Gasteiger partial charge in [-0.05, 0) is 6.07 Å². The fourth-order valence-corrected chi connectivity index (χ4v) is 1.02. The molecule has 0 saturated carbocycles. The van der Waals surface area contributed by atoms with Gasteiger partial charge in [0.05, 0.1) is 11.0 Å². The van der Waals surface area contributed by atoms with Crippen molar-refractivity contribution in [2.24, 2.45) is 0 Å². The molecule has 0 saturated heterocycles. The quantitative estimate of drug-likeness (QED) is 0.670. The summed E-state index contributed by atoms with van der Waals surface area (Å²) in [7, 11) is 0. The molecule has 2 nitrogen and oxygen atoms in total. The van der Waals surface area contributed by atoms with Gasteiger partial charge in [-0.15, -0.1) is 0 Å². The van der Waals surface area contributed by atoms with Crippen LogP contribution in [0.3, 0.4) is 0 Å². The number of imidazole rings is 1. The fraction of sp³-hybridized carbons (Fsp3) is 0.125. The number of aromatic amines is 1. The summed E-state index contributed by atoms with van der Waals surface area (Å²) < 4.78 is 36.4. The minimum atomic E-state index is -4.42. The molecule has 1 aromatic carbocycles. The van der Waals surface area contributed by atoms with Crippen LogP contribution in [-0.2, 0) is 6.18 Å². The van der Waals surface area contributed by atoms with E-state index in [-0.39, 0.29) is 5.52 Å². The van der Waals surface area contributed by atoms with Gasteiger partial charge in [-0.3, -0.25) is 0 Å². The Morgan fingerprint density at radius 1 is 1.38 bits per heavy atom. The Morgan fingerprint density at radius 2 is 2.15 bits per heavy atom. The standard InChI is InChI=1S/C8H4F3N2/c9-8(10,11)7-12-5-3-1-2-4-6(5)13-7/h1-3H,(H,12,13). The van der Waals surface area contributed by atoms with E-state index in [1.807, 2.05) is 0 Å². The predicted octanol–water partition coefficient (Wildman–Crippen LogP) is 2.38. The molecule has 0 atom stereocenters. The number of hydrogen-bond acceptors (Lipinski definition) is 1. The van der Waals surface area contributed by atoms with Gasteiger partial charge in [0, 0.05) is 6.07 Å². The van der Waals surface area contributed by atoms with Crippen LogP contribution < -0.4 is 0 Å². The van der Waals surface area contributed by atoms with Gasteiger partial charge >= 0.3 is 6.18 Å². The van der Waals surface area contributed by atoms with Crippen molar-refractivity contribution in [3.63, 3.8) is 0 Å². The number of benzene rings is 1. The summed E-state index contributed by atoms with van der Waals surface area (Å²) in [5, 5.41) is 0. The first-order valence-corrected chi connectivity index (χ1v) is 3.51. The minimum Gasteiger partial charge on any atom is -0.334 e. The number of para-hydroxylation sites is 1. The third-order valence-electron chi connectivity index (χ3n) is 1.58. The third kappa shape index (κ3) is 1.37. The second-order valence-electron chi connectivity index (χ2n) is 2.52. The molecule has 1 heterocycles. The molecule has 0 aliphatic heterocycles. The molecule has 0 bridgehead atoms. The summed E-state index contributed by atoms with van der Waals surface area (Å²) in [6, 6.07) is 7.24. The lowest BCUT2D eigenvalue weighted by molar-refractivity contribution is -0.144. The number of alkyl halides is 3. The number of hydrogen-bond donors (Lipinski definition) is 1. The van der Waals surface area contributed by atoms with Gasteiger partial charge in [-0.2, -0.15) is 13.2 Å². The number of H-pyrrole nitrogens is 1. The van der Waals surface area contributed by atoms with E-state index in [4.69, 9.17) is 0 Å². The van der Waals surface area contributed by atoms with Crippen LogP contribution in [0.4, 0.5) is 13.2 Å². The number of rotatable bonds is 0. The monoisotopic (exact) mass is 185 g/mol. The lowest BCUT2D eigenvalue weighted by atomic mass is 10.3. The van der Waals surface area contributed by atoms with E-state index in [0.29, 0.717) is 5.52 Å². The van der Waals surface area contributed by atoms with E-state index >= 15 is 0 Å². The second-order valence-corrected chi connectivity index (χ2v) is 2.52. The molecular weight excluding hydrogens is 181 g/mol. The van der Waals surface area contributed by atoms with Crippen molar-refractivity contribution < 1.29 is 13.2 Å². The molecule has 0 fully saturated rings. The average Bonchev–Trinajstić information content (AvgIpc) is 2.45. The molecule has 13 heavy (non-hydrogen) atoms. The van der Waals surface area contributed by atoms with Crippen LogP contribution in [0.2, 0.25) is 0 Å². The van der Waals surface area contributed by atoms with Crippen molar-refractivity contribution in [2.75, 3.05) is 0 Å². The third-order valence-corrected chi connectivity index (χ3v) is 1.58. The average molecular weight is 185 g/mol. The van der Waals surface area contributed by atoms with Crippen molar-refractivity contribution in [3.8, 4) is 0 Å². The number of fused-ring (bicyclic) bond motifs is 1. The normalized spacial score (nSPS) is 12.2. The Bertz CT molecular complexity index is 397. The Balaban J connectivity index is 2.63. The molecule has 5 heteroatoms. The lowest BCUT2D eigenvalue weighted by Gasteiger charge is -1.98. The van der Waals surface area contributed by atoms with Crippen molar-refractivity contribution in [1.29, 1.82) is 0 Å². The van der Waals surface area contributed by atoms with Gasteiger partial charge in [0.25, 0.3) is 0 Å². The highest BCUT2D eigenvalue weighted by Gasteiger charge is 2.34. The summed E-state index contributed by atoms with van der Waals surface area (Å²) >= 11 is 0. The fourth-order valence-electron chi connectivity index (χ4n) is 1.02. The van der Waals surface area contributed by atoms with Crippen LogP contribution >= 0.6 is 0 Å². The van der Waals surface area contributed by atoms with Crippen molar-refractivity contribution >= 4 is 11.0 Å². The van der Waals surface area contributed by atoms with Crippen LogP contribution in [-0.4, -0.2) is 9.97 Å². The minimum absolute atomic E-state index is 0.204. The van der Waals surface area contributed by atoms with Crippen molar-refractivity contribution in [1.82, 2.24) is 9.97 Å². The highest BCUT2D eigenvalue weighted by atomic mass is 19.4. The number of aromatic nitrogens is 2. The molecule has 1 radical (unpaired) electrons. The van der Waals surface area contributed by atoms with Gasteiger partial charge in [0.1, 0.15) is 0 Å². The van der Waals surface area contributed by atoms with E-state index in [0.717, 1.165) is 0 Å². The highest BCUT2D eigenvalue weighted by molar-refractivity contribution is 5.74. The predicted molar refractivity (Wildman–Crippen MR) is 39.9 cm³/mol. The summed E-state index contributed by atoms with van der Waals surface area (Å²) in [5.41, 5.74) is 0.546. The summed E-state index contributed by atoms with van der Waals surface area (Å²) in [5.74, 6) is -0.982. The Labute approximate surface area is 71.4 Å². The maximum absolute atomic E-state index is 12.1. The van der Waals surface area contributed by atoms with Crippen molar-refractivity contribution in [3.05, 3.63) is 30.1 Å². The zero-order valence-corrected chi connectivity index (χ0v) is 6.31. The van der Waals surface area contributed by atoms with Crippen LogP contribution in [0.15, 0.2) is 18.2 Å². The van der Waals surface area contributed by atoms with Crippen molar-refractivity contribution in [2.45, 2.75) is 6.18 Å². The maximum Gasteiger partial charge on any atom is 0.449 e. The first-order valence-electron chi connectivity index (χ1n) is 3.51. The van der Waals surface area contributed by atoms with Gasteiger partial charge in [0.15, 0.2) is 0 Å². The Kier molecular flexibility index (Phi) is 1.55. The lowest BCUT2D eigenvalue weighted by Crippen LogP contribution is -2.06. The molecule has 0 amide bonds. The molecule has 2 rings (SSSR count). The number of nitrogens with zero attached hydrogens (tertiary/aromatic N) is 1. The summed E-state index contributed by atoms with van der Waals surface area (Å²) in [6.45, 7) is 0. The first kappa shape index (κ1) is 8.10. The van der Waals surface area contributed by atoms with Gasteiger partial charge in [0.2, 0.25) is 5.82 Å². The van der Waals surface area contributed by atoms with E-state index in [9.17, 15) is 13.2 Å². The molecule has 0 aliphatic carbocycles. The van der Waals surface area contributed by atoms with Gasteiger partial charge in [-0.25, -0.2) is 4.98 Å². The van der Waals surface area contributed by atoms with Crippen LogP contribution in [0.5, 0.6) is 0 Å². The summed E-state index contributed by atoms with van der Waals surface area (Å²) in [6.07, 6.45) is -4.42. The van der Waals surface area contributed by atoms with E-state index in [2.05, 4.69) is 16.0 Å².